The molecule has 26 heavy (non-hydrogen) atoms. The smallest absolute Gasteiger partial charge is 0.258 e. The number of nitriles is 1. The quantitative estimate of drug-likeness (QED) is 0.374. The first-order valence-corrected chi connectivity index (χ1v) is 11.9. The molecule has 3 unspecified atom stereocenters. The molecule has 2 rings (SSSR count). The fraction of sp³-hybridized carbons (Fsp3) is 0.522. The molecular weight excluding hydrogens is 334 g/mol. The van der Waals surface area contributed by atoms with Crippen LogP contribution in [0.3, 0.4) is 0 Å². The van der Waals surface area contributed by atoms with E-state index in [0.717, 1.165) is 11.3 Å². The second kappa shape index (κ2) is 8.27. The molecule has 2 nitrogen and oxygen atoms in total. The molecule has 1 aliphatic carbocycles. The van der Waals surface area contributed by atoms with Crippen molar-refractivity contribution in [2.45, 2.75) is 58.2 Å². The lowest BCUT2D eigenvalue weighted by Crippen LogP contribution is -2.47. The van der Waals surface area contributed by atoms with Crippen molar-refractivity contribution in [3.05, 3.63) is 54.3 Å². The van der Waals surface area contributed by atoms with Gasteiger partial charge >= 0.3 is 0 Å². The maximum Gasteiger partial charge on any atom is 0.258 e. The summed E-state index contributed by atoms with van der Waals surface area (Å²) >= 11 is 0. The molecule has 0 saturated heterocycles. The van der Waals surface area contributed by atoms with Crippen molar-refractivity contribution < 1.29 is 4.43 Å². The topological polar surface area (TPSA) is 33.0 Å². The van der Waals surface area contributed by atoms with Crippen LogP contribution in [0.15, 0.2) is 48.7 Å². The van der Waals surface area contributed by atoms with Crippen LogP contribution in [0.2, 0.25) is 16.6 Å². The summed E-state index contributed by atoms with van der Waals surface area (Å²) in [4.78, 5) is 0. The Balaban J connectivity index is 2.15. The third-order valence-electron chi connectivity index (χ3n) is 5.92. The summed E-state index contributed by atoms with van der Waals surface area (Å²) in [7, 11) is -2.01. The molecule has 1 aliphatic rings. The molecule has 3 heteroatoms. The monoisotopic (exact) mass is 367 g/mol. The van der Waals surface area contributed by atoms with Crippen molar-refractivity contribution in [2.75, 3.05) is 0 Å². The maximum absolute atomic E-state index is 9.55. The van der Waals surface area contributed by atoms with Gasteiger partial charge in [-0.15, -0.1) is 0 Å². The predicted molar refractivity (Wildman–Crippen MR) is 113 cm³/mol. The van der Waals surface area contributed by atoms with Gasteiger partial charge in [0.05, 0.1) is 17.7 Å². The number of rotatable bonds is 8. The van der Waals surface area contributed by atoms with Crippen LogP contribution in [-0.2, 0) is 4.43 Å². The highest BCUT2D eigenvalue weighted by atomic mass is 28.4. The molecule has 1 fully saturated rings. The standard InChI is InChI=1S/C23H33NOSi/c1-16(2)26(17(3)4,18(5)6)25-19(7)23-21(22(23)15-24)14-13-20-11-9-8-10-12-20/h8-14,16-18,21-23H,7H2,1-6H3/b14-13+. The van der Waals surface area contributed by atoms with Crippen molar-refractivity contribution in [1.82, 2.24) is 0 Å². The minimum Gasteiger partial charge on any atom is -0.546 e. The zero-order chi connectivity index (χ0) is 19.5. The second-order valence-corrected chi connectivity index (χ2v) is 13.8. The van der Waals surface area contributed by atoms with Gasteiger partial charge in [-0.2, -0.15) is 5.26 Å². The molecular formula is C23H33NOSi. The van der Waals surface area contributed by atoms with E-state index in [1.807, 2.05) is 18.2 Å². The van der Waals surface area contributed by atoms with E-state index in [2.05, 4.69) is 78.5 Å². The summed E-state index contributed by atoms with van der Waals surface area (Å²) in [5.74, 6) is 1.16. The van der Waals surface area contributed by atoms with Crippen LogP contribution in [0, 0.1) is 29.1 Å². The van der Waals surface area contributed by atoms with Crippen molar-refractivity contribution in [3.63, 3.8) is 0 Å². The molecule has 0 amide bonds. The van der Waals surface area contributed by atoms with Gasteiger partial charge in [-0.3, -0.25) is 0 Å². The van der Waals surface area contributed by atoms with Crippen molar-refractivity contribution in [3.8, 4) is 6.07 Å². The Kier molecular flexibility index (Phi) is 6.52. The molecule has 1 saturated carbocycles. The number of hydrogen-bond acceptors (Lipinski definition) is 2. The SMILES string of the molecule is C=C(O[Si](C(C)C)(C(C)C)C(C)C)C1C(C#N)C1/C=C/c1ccccc1. The fourth-order valence-corrected chi connectivity index (χ4v) is 9.89. The van der Waals surface area contributed by atoms with E-state index in [4.69, 9.17) is 4.43 Å². The Morgan fingerprint density at radius 2 is 1.62 bits per heavy atom. The number of hydrogen-bond donors (Lipinski definition) is 0. The van der Waals surface area contributed by atoms with E-state index >= 15 is 0 Å². The summed E-state index contributed by atoms with van der Waals surface area (Å²) in [6.07, 6.45) is 4.27. The Morgan fingerprint density at radius 1 is 1.08 bits per heavy atom. The van der Waals surface area contributed by atoms with Gasteiger partial charge in [0.1, 0.15) is 0 Å². The highest BCUT2D eigenvalue weighted by Crippen LogP contribution is 2.54. The normalized spacial score (nSPS) is 22.8. The highest BCUT2D eigenvalue weighted by Gasteiger charge is 2.55. The summed E-state index contributed by atoms with van der Waals surface area (Å²) in [6.45, 7) is 18.0. The largest absolute Gasteiger partial charge is 0.546 e. The molecule has 1 aromatic carbocycles. The van der Waals surface area contributed by atoms with Crippen molar-refractivity contribution in [2.24, 2.45) is 17.8 Å². The van der Waals surface area contributed by atoms with E-state index in [-0.39, 0.29) is 17.8 Å². The van der Waals surface area contributed by atoms with Gasteiger partial charge < -0.3 is 4.43 Å². The lowest BCUT2D eigenvalue weighted by molar-refractivity contribution is 0.344. The summed E-state index contributed by atoms with van der Waals surface area (Å²) in [5.41, 5.74) is 2.70. The van der Waals surface area contributed by atoms with Gasteiger partial charge in [-0.25, -0.2) is 0 Å². The lowest BCUT2D eigenvalue weighted by Gasteiger charge is -2.43. The Hall–Kier alpha value is -1.79. The van der Waals surface area contributed by atoms with E-state index in [9.17, 15) is 5.26 Å². The van der Waals surface area contributed by atoms with Gasteiger partial charge in [0.2, 0.25) is 0 Å². The van der Waals surface area contributed by atoms with E-state index in [1.165, 1.54) is 0 Å². The van der Waals surface area contributed by atoms with Gasteiger partial charge in [-0.05, 0) is 22.2 Å². The first-order chi connectivity index (χ1) is 12.3. The van der Waals surface area contributed by atoms with Crippen LogP contribution in [0.4, 0.5) is 0 Å². The van der Waals surface area contributed by atoms with Gasteiger partial charge in [0, 0.05) is 11.8 Å². The average Bonchev–Trinajstić information content (AvgIpc) is 3.30. The third-order valence-corrected chi connectivity index (χ3v) is 12.0. The van der Waals surface area contributed by atoms with Gasteiger partial charge in [-0.1, -0.05) is 90.6 Å². The zero-order valence-corrected chi connectivity index (χ0v) is 18.1. The van der Waals surface area contributed by atoms with E-state index in [1.54, 1.807) is 0 Å². The third kappa shape index (κ3) is 3.96. The molecule has 0 heterocycles. The molecule has 0 N–H and O–H groups in total. The van der Waals surface area contributed by atoms with Crippen LogP contribution in [0.25, 0.3) is 6.08 Å². The van der Waals surface area contributed by atoms with Crippen molar-refractivity contribution in [1.29, 1.82) is 5.26 Å². The molecule has 0 aromatic heterocycles. The number of benzene rings is 1. The second-order valence-electron chi connectivity index (χ2n) is 8.41. The predicted octanol–water partition coefficient (Wildman–Crippen LogP) is 6.79. The first kappa shape index (κ1) is 20.5. The minimum absolute atomic E-state index is 0.0133. The Morgan fingerprint density at radius 3 is 2.08 bits per heavy atom. The molecule has 0 bridgehead atoms. The molecule has 3 atom stereocenters. The molecule has 1 aromatic rings. The van der Waals surface area contributed by atoms with Gasteiger partial charge in [0.15, 0.2) is 0 Å². The molecule has 140 valence electrons. The van der Waals surface area contributed by atoms with Gasteiger partial charge in [0.25, 0.3) is 8.32 Å². The van der Waals surface area contributed by atoms with E-state index < -0.39 is 8.32 Å². The summed E-state index contributed by atoms with van der Waals surface area (Å²) in [5, 5.41) is 9.55. The fourth-order valence-electron chi connectivity index (χ4n) is 4.59. The highest BCUT2D eigenvalue weighted by molar-refractivity contribution is 6.77. The Bertz CT molecular complexity index is 662. The van der Waals surface area contributed by atoms with Crippen LogP contribution in [-0.4, -0.2) is 8.32 Å². The number of allylic oxidation sites excluding steroid dienone is 2. The summed E-state index contributed by atoms with van der Waals surface area (Å²) < 4.78 is 6.72. The molecule has 0 spiro atoms. The van der Waals surface area contributed by atoms with E-state index in [0.29, 0.717) is 16.6 Å². The maximum atomic E-state index is 9.55. The van der Waals surface area contributed by atoms with Crippen LogP contribution < -0.4 is 0 Å². The first-order valence-electron chi connectivity index (χ1n) is 9.76. The zero-order valence-electron chi connectivity index (χ0n) is 17.1. The van der Waals surface area contributed by atoms with Crippen LogP contribution in [0.5, 0.6) is 0 Å². The number of nitrogens with zero attached hydrogens (tertiary/aromatic N) is 1. The molecule has 0 radical (unpaired) electrons. The van der Waals surface area contributed by atoms with Crippen LogP contribution in [0.1, 0.15) is 47.1 Å². The molecule has 0 aliphatic heterocycles. The minimum atomic E-state index is -2.01. The van der Waals surface area contributed by atoms with Crippen LogP contribution >= 0.6 is 0 Å². The lowest BCUT2D eigenvalue weighted by atomic mass is 10.2. The van der Waals surface area contributed by atoms with Crippen molar-refractivity contribution >= 4 is 14.4 Å². The Labute approximate surface area is 160 Å². The average molecular weight is 368 g/mol. The summed E-state index contributed by atoms with van der Waals surface area (Å²) in [6, 6.07) is 12.7.